The molecule has 18 heavy (non-hydrogen) atoms. The fourth-order valence-electron chi connectivity index (χ4n) is 2.09. The first-order valence-electron chi connectivity index (χ1n) is 5.63. The van der Waals surface area contributed by atoms with E-state index in [1.165, 1.54) is 4.70 Å². The number of hydrogen-bond donors (Lipinski definition) is 0. The number of hydrogen-bond acceptors (Lipinski definition) is 2. The maximum atomic E-state index is 6.04. The Bertz CT molecular complexity index is 730. The van der Waals surface area contributed by atoms with Crippen LogP contribution in [0.4, 0.5) is 0 Å². The van der Waals surface area contributed by atoms with Gasteiger partial charge >= 0.3 is 0 Å². The van der Waals surface area contributed by atoms with Gasteiger partial charge in [0.05, 0.1) is 15.2 Å². The Hall–Kier alpha value is -1.38. The predicted octanol–water partition coefficient (Wildman–Crippen LogP) is 5.11. The third-order valence-electron chi connectivity index (χ3n) is 2.91. The lowest BCUT2D eigenvalue weighted by atomic mass is 10.00. The molecule has 89 valence electrons. The molecule has 2 aromatic carbocycles. The average molecular weight is 273 g/mol. The molecule has 1 aromatic heterocycles. The molecule has 0 amide bonds. The SMILES string of the molecule is [CH2]c1c(-c2cccc(Cl)c2)ccc2sc(C)nc12. The molecule has 0 bridgehead atoms. The number of rotatable bonds is 1. The van der Waals surface area contributed by atoms with Crippen molar-refractivity contribution in [1.82, 2.24) is 4.98 Å². The van der Waals surface area contributed by atoms with Gasteiger partial charge in [-0.2, -0.15) is 0 Å². The topological polar surface area (TPSA) is 12.9 Å². The van der Waals surface area contributed by atoms with Gasteiger partial charge in [-0.1, -0.05) is 29.8 Å². The molecule has 3 aromatic rings. The molecular formula is C15H11ClNS. The number of nitrogens with zero attached hydrogens (tertiary/aromatic N) is 1. The Morgan fingerprint density at radius 2 is 2.06 bits per heavy atom. The molecule has 0 N–H and O–H groups in total. The van der Waals surface area contributed by atoms with Gasteiger partial charge in [0, 0.05) is 5.02 Å². The number of thiazole rings is 1. The second-order valence-electron chi connectivity index (χ2n) is 4.18. The minimum Gasteiger partial charge on any atom is -0.241 e. The van der Waals surface area contributed by atoms with Crippen molar-refractivity contribution in [1.29, 1.82) is 0 Å². The largest absolute Gasteiger partial charge is 0.241 e. The van der Waals surface area contributed by atoms with E-state index >= 15 is 0 Å². The molecule has 3 heteroatoms. The van der Waals surface area contributed by atoms with Gasteiger partial charge in [0.1, 0.15) is 0 Å². The van der Waals surface area contributed by atoms with Gasteiger partial charge in [-0.15, -0.1) is 11.3 Å². The molecule has 0 unspecified atom stereocenters. The minimum atomic E-state index is 0.737. The highest BCUT2D eigenvalue weighted by atomic mass is 35.5. The van der Waals surface area contributed by atoms with Crippen LogP contribution in [0, 0.1) is 13.8 Å². The van der Waals surface area contributed by atoms with E-state index in [0.717, 1.165) is 32.2 Å². The summed E-state index contributed by atoms with van der Waals surface area (Å²) in [7, 11) is 0. The zero-order chi connectivity index (χ0) is 12.7. The number of fused-ring (bicyclic) bond motifs is 1. The van der Waals surface area contributed by atoms with Gasteiger partial charge in [-0.05, 0) is 48.7 Å². The highest BCUT2D eigenvalue weighted by molar-refractivity contribution is 7.18. The van der Waals surface area contributed by atoms with Crippen LogP contribution in [0.5, 0.6) is 0 Å². The third-order valence-corrected chi connectivity index (χ3v) is 4.08. The predicted molar refractivity (Wildman–Crippen MR) is 79.3 cm³/mol. The molecule has 0 saturated heterocycles. The molecule has 0 fully saturated rings. The summed E-state index contributed by atoms with van der Waals surface area (Å²) in [6.45, 7) is 6.19. The van der Waals surface area contributed by atoms with Crippen LogP contribution in [0.3, 0.4) is 0 Å². The van der Waals surface area contributed by atoms with Crippen LogP contribution >= 0.6 is 22.9 Å². The van der Waals surface area contributed by atoms with E-state index in [1.807, 2.05) is 31.2 Å². The zero-order valence-corrected chi connectivity index (χ0v) is 11.5. The average Bonchev–Trinajstić information content (AvgIpc) is 2.71. The van der Waals surface area contributed by atoms with Crippen LogP contribution in [0.15, 0.2) is 36.4 Å². The van der Waals surface area contributed by atoms with E-state index in [-0.39, 0.29) is 0 Å². The monoisotopic (exact) mass is 272 g/mol. The summed E-state index contributed by atoms with van der Waals surface area (Å²) >= 11 is 7.73. The molecule has 0 spiro atoms. The maximum Gasteiger partial charge on any atom is 0.0907 e. The zero-order valence-electron chi connectivity index (χ0n) is 9.90. The Labute approximate surface area is 115 Å². The fourth-order valence-corrected chi connectivity index (χ4v) is 3.13. The summed E-state index contributed by atoms with van der Waals surface area (Å²) in [5.41, 5.74) is 4.14. The van der Waals surface area contributed by atoms with Gasteiger partial charge in [0.2, 0.25) is 0 Å². The fraction of sp³-hybridized carbons (Fsp3) is 0.0667. The molecule has 0 aliphatic heterocycles. The summed E-state index contributed by atoms with van der Waals surface area (Å²) in [5, 5.41) is 1.81. The van der Waals surface area contributed by atoms with Crippen molar-refractivity contribution in [2.45, 2.75) is 6.92 Å². The van der Waals surface area contributed by atoms with Crippen molar-refractivity contribution >= 4 is 33.2 Å². The Morgan fingerprint density at radius 1 is 1.22 bits per heavy atom. The molecule has 0 aliphatic rings. The molecule has 0 saturated carbocycles. The first-order chi connectivity index (χ1) is 8.65. The normalized spacial score (nSPS) is 11.1. The highest BCUT2D eigenvalue weighted by Crippen LogP contribution is 2.32. The number of benzene rings is 2. The molecule has 0 atom stereocenters. The van der Waals surface area contributed by atoms with Gasteiger partial charge in [0.15, 0.2) is 0 Å². The van der Waals surface area contributed by atoms with Gasteiger partial charge < -0.3 is 0 Å². The van der Waals surface area contributed by atoms with Crippen molar-refractivity contribution in [3.63, 3.8) is 0 Å². The quantitative estimate of drug-likeness (QED) is 0.600. The lowest BCUT2D eigenvalue weighted by Gasteiger charge is -2.06. The van der Waals surface area contributed by atoms with Crippen LogP contribution in [0.2, 0.25) is 5.02 Å². The van der Waals surface area contributed by atoms with E-state index < -0.39 is 0 Å². The molecule has 1 nitrogen and oxygen atoms in total. The maximum absolute atomic E-state index is 6.04. The van der Waals surface area contributed by atoms with Crippen molar-refractivity contribution < 1.29 is 0 Å². The third kappa shape index (κ3) is 1.92. The van der Waals surface area contributed by atoms with Crippen LogP contribution in [-0.2, 0) is 0 Å². The van der Waals surface area contributed by atoms with Crippen molar-refractivity contribution in [3.05, 3.63) is 58.9 Å². The lowest BCUT2D eigenvalue weighted by Crippen LogP contribution is -1.85. The Kier molecular flexibility index (Phi) is 2.84. The van der Waals surface area contributed by atoms with E-state index in [9.17, 15) is 0 Å². The van der Waals surface area contributed by atoms with Crippen molar-refractivity contribution in [2.75, 3.05) is 0 Å². The first-order valence-corrected chi connectivity index (χ1v) is 6.82. The molecule has 0 aliphatic carbocycles. The highest BCUT2D eigenvalue weighted by Gasteiger charge is 2.09. The minimum absolute atomic E-state index is 0.737. The molecule has 1 heterocycles. The van der Waals surface area contributed by atoms with Crippen molar-refractivity contribution in [3.8, 4) is 11.1 Å². The van der Waals surface area contributed by atoms with E-state index in [1.54, 1.807) is 11.3 Å². The second-order valence-corrected chi connectivity index (χ2v) is 5.85. The number of aryl methyl sites for hydroxylation is 1. The summed E-state index contributed by atoms with van der Waals surface area (Å²) in [6.07, 6.45) is 0. The summed E-state index contributed by atoms with van der Waals surface area (Å²) < 4.78 is 1.18. The Balaban J connectivity index is 2.26. The van der Waals surface area contributed by atoms with Crippen LogP contribution in [-0.4, -0.2) is 4.98 Å². The second kappa shape index (κ2) is 4.38. The van der Waals surface area contributed by atoms with E-state index in [0.29, 0.717) is 0 Å². The Morgan fingerprint density at radius 3 is 2.83 bits per heavy atom. The van der Waals surface area contributed by atoms with E-state index in [4.69, 9.17) is 11.6 Å². The molecule has 1 radical (unpaired) electrons. The van der Waals surface area contributed by atoms with Crippen LogP contribution < -0.4 is 0 Å². The van der Waals surface area contributed by atoms with Gasteiger partial charge in [-0.25, -0.2) is 4.98 Å². The lowest BCUT2D eigenvalue weighted by molar-refractivity contribution is 1.34. The van der Waals surface area contributed by atoms with Gasteiger partial charge in [0.25, 0.3) is 0 Å². The molecule has 3 rings (SSSR count). The number of halogens is 1. The summed E-state index contributed by atoms with van der Waals surface area (Å²) in [5.74, 6) is 0. The smallest absolute Gasteiger partial charge is 0.0907 e. The van der Waals surface area contributed by atoms with Crippen LogP contribution in [0.1, 0.15) is 10.6 Å². The summed E-state index contributed by atoms with van der Waals surface area (Å²) in [4.78, 5) is 4.54. The standard InChI is InChI=1S/C15H11ClNS/c1-9-13(11-4-3-5-12(16)8-11)6-7-14-15(9)17-10(2)18-14/h3-8H,1H2,2H3. The van der Waals surface area contributed by atoms with E-state index in [2.05, 4.69) is 24.0 Å². The van der Waals surface area contributed by atoms with Gasteiger partial charge in [-0.3, -0.25) is 0 Å². The number of aromatic nitrogens is 1. The first kappa shape index (κ1) is 11.7. The van der Waals surface area contributed by atoms with Crippen LogP contribution in [0.25, 0.3) is 21.3 Å². The summed E-state index contributed by atoms with van der Waals surface area (Å²) in [6, 6.07) is 12.0. The van der Waals surface area contributed by atoms with Crippen molar-refractivity contribution in [2.24, 2.45) is 0 Å². The molecular weight excluding hydrogens is 262 g/mol.